The first-order chi connectivity index (χ1) is 30.2. The van der Waals surface area contributed by atoms with Gasteiger partial charge in [0.1, 0.15) is 34.4 Å². The first-order valence-electron chi connectivity index (χ1n) is 21.9. The molecule has 0 fully saturated rings. The summed E-state index contributed by atoms with van der Waals surface area (Å²) in [4.78, 5) is 26.0. The number of benzene rings is 5. The lowest BCUT2D eigenvalue weighted by Gasteiger charge is -2.41. The number of amidine groups is 2. The summed E-state index contributed by atoms with van der Waals surface area (Å²) in [7, 11) is 0. The molecule has 11 rings (SSSR count). The van der Waals surface area contributed by atoms with E-state index in [0.29, 0.717) is 0 Å². The largest absolute Gasteiger partial charge is 0.458 e. The van der Waals surface area contributed by atoms with Crippen LogP contribution in [0.2, 0.25) is 0 Å². The van der Waals surface area contributed by atoms with Crippen molar-refractivity contribution in [2.45, 2.75) is 77.5 Å². The highest BCUT2D eigenvalue weighted by atomic mass is 16.5. The summed E-state index contributed by atoms with van der Waals surface area (Å²) < 4.78 is 13.8. The Hall–Kier alpha value is -7.00. The molecule has 0 spiro atoms. The van der Waals surface area contributed by atoms with Crippen molar-refractivity contribution in [3.8, 4) is 45.5 Å². The maximum absolute atomic E-state index is 6.92. The van der Waals surface area contributed by atoms with Gasteiger partial charge in [0.15, 0.2) is 11.7 Å². The molecule has 9 heteroatoms. The molecular weight excluding hydrogens is 775 g/mol. The van der Waals surface area contributed by atoms with Gasteiger partial charge in [-0.1, -0.05) is 78.9 Å². The predicted molar refractivity (Wildman–Crippen MR) is 258 cm³/mol. The molecule has 0 saturated carbocycles. The lowest BCUT2D eigenvalue weighted by Crippen LogP contribution is -2.57. The van der Waals surface area contributed by atoms with E-state index in [0.717, 1.165) is 96.3 Å². The molecule has 0 radical (unpaired) electrons. The zero-order valence-electron chi connectivity index (χ0n) is 37.0. The fourth-order valence-electron chi connectivity index (χ4n) is 9.67. The summed E-state index contributed by atoms with van der Waals surface area (Å²) >= 11 is 0. The molecule has 0 N–H and O–H groups in total. The Labute approximate surface area is 370 Å². The zero-order valence-corrected chi connectivity index (χ0v) is 37.0. The molecule has 7 aromatic rings. The van der Waals surface area contributed by atoms with Crippen LogP contribution in [0.3, 0.4) is 0 Å². The van der Waals surface area contributed by atoms with Crippen LogP contribution in [0.5, 0.6) is 23.0 Å². The molecule has 63 heavy (non-hydrogen) atoms. The second-order valence-corrected chi connectivity index (χ2v) is 19.0. The monoisotopic (exact) mass is 824 g/mol. The molecule has 0 amide bonds. The van der Waals surface area contributed by atoms with Crippen LogP contribution in [-0.4, -0.2) is 50.5 Å². The van der Waals surface area contributed by atoms with Gasteiger partial charge in [-0.25, -0.2) is 9.97 Å². The van der Waals surface area contributed by atoms with Gasteiger partial charge in [-0.05, 0) is 139 Å². The Balaban J connectivity index is 1.01. The number of ether oxygens (including phenoxy) is 2. The minimum Gasteiger partial charge on any atom is -0.458 e. The second kappa shape index (κ2) is 13.8. The van der Waals surface area contributed by atoms with E-state index in [9.17, 15) is 0 Å². The number of fused-ring (bicyclic) bond motifs is 4. The molecule has 2 aromatic heterocycles. The van der Waals surface area contributed by atoms with Crippen molar-refractivity contribution in [2.75, 3.05) is 9.80 Å². The van der Waals surface area contributed by atoms with Crippen LogP contribution in [0, 0.1) is 0 Å². The Morgan fingerprint density at radius 1 is 0.413 bits per heavy atom. The van der Waals surface area contributed by atoms with Gasteiger partial charge in [-0.15, -0.1) is 0 Å². The molecule has 5 aromatic carbocycles. The average Bonchev–Trinajstić information content (AvgIpc) is 3.61. The maximum Gasteiger partial charge on any atom is 0.260 e. The topological polar surface area (TPSA) is 75.4 Å². The summed E-state index contributed by atoms with van der Waals surface area (Å²) in [5.74, 6) is 4.82. The van der Waals surface area contributed by atoms with Gasteiger partial charge in [0.2, 0.25) is 0 Å². The number of hydrogen-bond donors (Lipinski definition) is 0. The van der Waals surface area contributed by atoms with Crippen molar-refractivity contribution in [3.63, 3.8) is 0 Å². The normalized spacial score (nSPS) is 18.1. The molecule has 4 aliphatic rings. The van der Waals surface area contributed by atoms with Crippen molar-refractivity contribution < 1.29 is 9.47 Å². The zero-order chi connectivity index (χ0) is 43.5. The third kappa shape index (κ3) is 5.82. The Kier molecular flexibility index (Phi) is 8.49. The van der Waals surface area contributed by atoms with Crippen molar-refractivity contribution >= 4 is 46.1 Å². The molecule has 4 aliphatic heterocycles. The highest BCUT2D eigenvalue weighted by molar-refractivity contribution is 6.98. The number of pyridine rings is 2. The first-order valence-corrected chi connectivity index (χ1v) is 21.9. The van der Waals surface area contributed by atoms with Gasteiger partial charge >= 0.3 is 0 Å². The van der Waals surface area contributed by atoms with E-state index in [4.69, 9.17) is 29.4 Å². The van der Waals surface area contributed by atoms with Crippen LogP contribution < -0.4 is 35.7 Å². The molecule has 8 nitrogen and oxygen atoms in total. The fraction of sp³-hybridized carbons (Fsp3) is 0.222. The summed E-state index contributed by atoms with van der Waals surface area (Å²) in [5, 5.41) is 0. The Morgan fingerprint density at radius 2 is 0.794 bits per heavy atom. The SMILES string of the molecule is CC1(C)N=C(c2cccc(-c3cccc4c3Oc3cccc5c3B4c3cccc(-c4cccc(C6=NC(C)(C)C(C)(C)N6c6ccccc6)n4)c3O5)n2)N(c2ccccc2)C1(C)C. The highest BCUT2D eigenvalue weighted by Gasteiger charge is 2.51. The van der Waals surface area contributed by atoms with E-state index < -0.39 is 0 Å². The number of hydrogen-bond acceptors (Lipinski definition) is 8. The number of para-hydroxylation sites is 4. The average molecular weight is 825 g/mol. The van der Waals surface area contributed by atoms with Crippen LogP contribution in [0.25, 0.3) is 22.5 Å². The number of aliphatic imine (C=N–C) groups is 2. The van der Waals surface area contributed by atoms with Crippen LogP contribution in [0.1, 0.15) is 66.8 Å². The fourth-order valence-corrected chi connectivity index (χ4v) is 9.67. The van der Waals surface area contributed by atoms with E-state index in [-0.39, 0.29) is 28.9 Å². The summed E-state index contributed by atoms with van der Waals surface area (Å²) in [6.45, 7) is 17.6. The number of aromatic nitrogens is 2. The van der Waals surface area contributed by atoms with E-state index >= 15 is 0 Å². The maximum atomic E-state index is 6.92. The van der Waals surface area contributed by atoms with E-state index in [2.05, 4.69) is 187 Å². The van der Waals surface area contributed by atoms with E-state index in [1.54, 1.807) is 0 Å². The number of nitrogens with zero attached hydrogens (tertiary/aromatic N) is 6. The van der Waals surface area contributed by atoms with Crippen molar-refractivity contribution in [2.24, 2.45) is 9.98 Å². The summed E-state index contributed by atoms with van der Waals surface area (Å²) in [5.41, 5.74) is 9.05. The lowest BCUT2D eigenvalue weighted by atomic mass is 9.34. The minimum absolute atomic E-state index is 0.154. The Bertz CT molecular complexity index is 2850. The van der Waals surface area contributed by atoms with Crippen molar-refractivity contribution in [1.29, 1.82) is 0 Å². The van der Waals surface area contributed by atoms with Gasteiger partial charge in [0.05, 0.1) is 33.5 Å². The van der Waals surface area contributed by atoms with Crippen molar-refractivity contribution in [1.82, 2.24) is 9.97 Å². The number of rotatable bonds is 6. The van der Waals surface area contributed by atoms with Crippen LogP contribution in [0.15, 0.2) is 162 Å². The smallest absolute Gasteiger partial charge is 0.260 e. The summed E-state index contributed by atoms with van der Waals surface area (Å²) in [6, 6.07) is 52.3. The van der Waals surface area contributed by atoms with Crippen molar-refractivity contribution in [3.05, 3.63) is 163 Å². The Morgan fingerprint density at radius 3 is 1.22 bits per heavy atom. The third-order valence-corrected chi connectivity index (χ3v) is 14.3. The molecule has 0 saturated heterocycles. The third-order valence-electron chi connectivity index (χ3n) is 14.3. The van der Waals surface area contributed by atoms with Gasteiger partial charge in [0, 0.05) is 28.0 Å². The molecule has 0 bridgehead atoms. The van der Waals surface area contributed by atoms with Crippen LogP contribution >= 0.6 is 0 Å². The predicted octanol–water partition coefficient (Wildman–Crippen LogP) is 10.2. The van der Waals surface area contributed by atoms with Gasteiger partial charge < -0.3 is 19.3 Å². The highest BCUT2D eigenvalue weighted by Crippen LogP contribution is 2.45. The molecule has 6 heterocycles. The van der Waals surface area contributed by atoms with Crippen LogP contribution in [-0.2, 0) is 0 Å². The van der Waals surface area contributed by atoms with E-state index in [1.165, 1.54) is 0 Å². The first kappa shape index (κ1) is 38.9. The molecule has 0 atom stereocenters. The quantitative estimate of drug-likeness (QED) is 0.156. The lowest BCUT2D eigenvalue weighted by molar-refractivity contribution is 0.338. The van der Waals surface area contributed by atoms with Gasteiger partial charge in [-0.3, -0.25) is 9.98 Å². The molecular formula is C54H49BN6O2. The minimum atomic E-state index is -0.362. The number of anilines is 2. The second-order valence-electron chi connectivity index (χ2n) is 19.0. The van der Waals surface area contributed by atoms with Gasteiger partial charge in [0.25, 0.3) is 6.71 Å². The molecule has 0 unspecified atom stereocenters. The van der Waals surface area contributed by atoms with Crippen LogP contribution in [0.4, 0.5) is 11.4 Å². The van der Waals surface area contributed by atoms with E-state index in [1.807, 2.05) is 30.3 Å². The van der Waals surface area contributed by atoms with Gasteiger partial charge in [-0.2, -0.15) is 0 Å². The standard InChI is InChI=1S/C54H49BN6O2/c1-51(2)53(5,6)60(34-20-11-9-12-21-34)49(58-51)42-30-17-28-40(56-42)36-24-15-26-38-47(36)62-44-32-19-33-45-46(44)55(38)39-27-16-25-37(48(39)63-45)41-29-18-31-43(57-41)50-59-52(3,4)54(7,8)61(50)35-22-13-10-14-23-35/h9-33H,1-8H3. The molecule has 310 valence electrons. The summed E-state index contributed by atoms with van der Waals surface area (Å²) in [6.07, 6.45) is 0. The molecule has 0 aliphatic carbocycles.